The van der Waals surface area contributed by atoms with Crippen molar-refractivity contribution in [3.63, 3.8) is 0 Å². The van der Waals surface area contributed by atoms with Gasteiger partial charge in [0.25, 0.3) is 11.8 Å². The zero-order valence-corrected chi connectivity index (χ0v) is 24.2. The summed E-state index contributed by atoms with van der Waals surface area (Å²) in [6.45, 7) is 5.71. The van der Waals surface area contributed by atoms with E-state index in [0.717, 1.165) is 39.3 Å². The summed E-state index contributed by atoms with van der Waals surface area (Å²) in [7, 11) is 0. The van der Waals surface area contributed by atoms with Gasteiger partial charge >= 0.3 is 6.18 Å². The maximum absolute atomic E-state index is 13.2. The number of nitrogens with one attached hydrogen (secondary N) is 3. The predicted octanol–water partition coefficient (Wildman–Crippen LogP) is 8.66. The molecule has 0 aliphatic carbocycles. The average molecular weight is 605 g/mol. The molecule has 0 saturated heterocycles. The molecule has 0 bridgehead atoms. The number of hydrogen-bond donors (Lipinski definition) is 3. The lowest BCUT2D eigenvalue weighted by atomic mass is 10.1. The molecule has 0 aliphatic heterocycles. The summed E-state index contributed by atoms with van der Waals surface area (Å²) in [6, 6.07) is 21.8. The van der Waals surface area contributed by atoms with Crippen LogP contribution in [0.1, 0.15) is 45.7 Å². The fourth-order valence-electron chi connectivity index (χ4n) is 4.23. The van der Waals surface area contributed by atoms with Gasteiger partial charge in [0.1, 0.15) is 5.75 Å². The molecular weight excluding hydrogens is 577 g/mol. The number of aromatic nitrogens is 1. The predicted molar refractivity (Wildman–Crippen MR) is 164 cm³/mol. The number of nitrogens with zero attached hydrogens (tertiary/aromatic N) is 1. The fraction of sp³-hybridized carbons (Fsp3) is 0.156. The number of benzene rings is 4. The first kappa shape index (κ1) is 29.6. The second-order valence-corrected chi connectivity index (χ2v) is 11.1. The zero-order valence-electron chi connectivity index (χ0n) is 23.4. The van der Waals surface area contributed by atoms with Crippen molar-refractivity contribution < 1.29 is 27.5 Å². The van der Waals surface area contributed by atoms with Crippen molar-refractivity contribution >= 4 is 55.6 Å². The normalized spacial score (nSPS) is 11.4. The summed E-state index contributed by atoms with van der Waals surface area (Å²) in [5, 5.41) is 9.40. The molecule has 0 fully saturated rings. The summed E-state index contributed by atoms with van der Waals surface area (Å²) in [5.74, 6) is -0.325. The molecular formula is C32H27F3N4O3S. The molecule has 11 heteroatoms. The Morgan fingerprint density at radius 3 is 2.35 bits per heavy atom. The van der Waals surface area contributed by atoms with Gasteiger partial charge in [-0.3, -0.25) is 9.59 Å². The molecule has 3 N–H and O–H groups in total. The van der Waals surface area contributed by atoms with Crippen LogP contribution in [-0.2, 0) is 6.18 Å². The molecule has 43 heavy (non-hydrogen) atoms. The smallest absolute Gasteiger partial charge is 0.416 e. The third kappa shape index (κ3) is 7.31. The van der Waals surface area contributed by atoms with Gasteiger partial charge in [0, 0.05) is 34.3 Å². The standard InChI is InChI=1S/C32H27F3N4O3S/c1-18(2)42-25-9-5-8-23(16-25)37-31-39-26-13-11-21(15-28(26)43-31)30(41)38-27-17-24(12-10-19(27)3)36-29(40)20-6-4-7-22(14-20)32(33,34)35/h4-18H,1-3H3,(H,36,40)(H,37,39)(H,38,41). The average Bonchev–Trinajstić information content (AvgIpc) is 3.35. The summed E-state index contributed by atoms with van der Waals surface area (Å²) in [4.78, 5) is 30.4. The Labute approximate surface area is 249 Å². The number of ether oxygens (including phenoxy) is 1. The van der Waals surface area contributed by atoms with Crippen LogP contribution in [0.4, 0.5) is 35.4 Å². The molecule has 5 rings (SSSR count). The second kappa shape index (κ2) is 12.1. The van der Waals surface area contributed by atoms with Gasteiger partial charge in [-0.05, 0) is 87.0 Å². The quantitative estimate of drug-likeness (QED) is 0.165. The van der Waals surface area contributed by atoms with Gasteiger partial charge in [0.15, 0.2) is 5.13 Å². The number of halogens is 3. The first-order valence-corrected chi connectivity index (χ1v) is 14.1. The summed E-state index contributed by atoms with van der Waals surface area (Å²) in [5.41, 5.74) is 2.42. The molecule has 1 heterocycles. The highest BCUT2D eigenvalue weighted by Crippen LogP contribution is 2.32. The molecule has 0 spiro atoms. The van der Waals surface area contributed by atoms with Crippen molar-refractivity contribution in [2.24, 2.45) is 0 Å². The van der Waals surface area contributed by atoms with Crippen LogP contribution in [0.15, 0.2) is 84.9 Å². The van der Waals surface area contributed by atoms with Crippen LogP contribution >= 0.6 is 11.3 Å². The Morgan fingerprint density at radius 1 is 0.837 bits per heavy atom. The van der Waals surface area contributed by atoms with E-state index in [9.17, 15) is 22.8 Å². The number of carbonyl (C=O) groups is 2. The zero-order chi connectivity index (χ0) is 30.7. The van der Waals surface area contributed by atoms with Gasteiger partial charge < -0.3 is 20.7 Å². The van der Waals surface area contributed by atoms with E-state index in [1.807, 2.05) is 38.1 Å². The molecule has 4 aromatic carbocycles. The maximum atomic E-state index is 13.2. The van der Waals surface area contributed by atoms with Gasteiger partial charge in [0.2, 0.25) is 0 Å². The largest absolute Gasteiger partial charge is 0.491 e. The minimum absolute atomic E-state index is 0.0525. The van der Waals surface area contributed by atoms with Crippen LogP contribution in [0, 0.1) is 6.92 Å². The number of hydrogen-bond acceptors (Lipinski definition) is 6. The van der Waals surface area contributed by atoms with E-state index in [0.29, 0.717) is 22.1 Å². The van der Waals surface area contributed by atoms with Gasteiger partial charge in [-0.1, -0.05) is 29.5 Å². The van der Waals surface area contributed by atoms with Crippen molar-refractivity contribution in [2.45, 2.75) is 33.1 Å². The summed E-state index contributed by atoms with van der Waals surface area (Å²) >= 11 is 1.40. The Bertz CT molecular complexity index is 1820. The minimum Gasteiger partial charge on any atom is -0.491 e. The Kier molecular flexibility index (Phi) is 8.36. The highest BCUT2D eigenvalue weighted by Gasteiger charge is 2.31. The van der Waals surface area contributed by atoms with Crippen LogP contribution in [0.25, 0.3) is 10.2 Å². The van der Waals surface area contributed by atoms with Crippen molar-refractivity contribution in [1.29, 1.82) is 0 Å². The SMILES string of the molecule is Cc1ccc(NC(=O)c2cccc(C(F)(F)F)c2)cc1NC(=O)c1ccc2nc(Nc3cccc(OC(C)C)c3)sc2c1. The fourth-order valence-corrected chi connectivity index (χ4v) is 5.16. The van der Waals surface area contributed by atoms with Crippen LogP contribution in [-0.4, -0.2) is 22.9 Å². The lowest BCUT2D eigenvalue weighted by Gasteiger charge is -2.13. The Morgan fingerprint density at radius 2 is 1.58 bits per heavy atom. The molecule has 7 nitrogen and oxygen atoms in total. The lowest BCUT2D eigenvalue weighted by molar-refractivity contribution is -0.137. The van der Waals surface area contributed by atoms with Gasteiger partial charge in [0.05, 0.1) is 21.9 Å². The third-order valence-corrected chi connectivity index (χ3v) is 7.24. The molecule has 0 atom stereocenters. The van der Waals surface area contributed by atoms with E-state index >= 15 is 0 Å². The molecule has 220 valence electrons. The van der Waals surface area contributed by atoms with Crippen molar-refractivity contribution in [1.82, 2.24) is 4.98 Å². The molecule has 0 unspecified atom stereocenters. The topological polar surface area (TPSA) is 92.4 Å². The third-order valence-electron chi connectivity index (χ3n) is 6.30. The van der Waals surface area contributed by atoms with Crippen LogP contribution in [0.5, 0.6) is 5.75 Å². The first-order chi connectivity index (χ1) is 20.4. The maximum Gasteiger partial charge on any atom is 0.416 e. The van der Waals surface area contributed by atoms with E-state index in [2.05, 4.69) is 20.9 Å². The number of thiazole rings is 1. The van der Waals surface area contributed by atoms with Crippen LogP contribution in [0.2, 0.25) is 0 Å². The number of amides is 2. The Hall–Kier alpha value is -4.90. The number of carbonyl (C=O) groups excluding carboxylic acids is 2. The number of aryl methyl sites for hydroxylation is 1. The second-order valence-electron chi connectivity index (χ2n) is 10.0. The van der Waals surface area contributed by atoms with Gasteiger partial charge in [-0.15, -0.1) is 0 Å². The summed E-state index contributed by atoms with van der Waals surface area (Å²) in [6.07, 6.45) is -4.51. The van der Waals surface area contributed by atoms with Gasteiger partial charge in [-0.2, -0.15) is 13.2 Å². The molecule has 5 aromatic rings. The number of alkyl halides is 3. The van der Waals surface area contributed by atoms with Crippen molar-refractivity contribution in [2.75, 3.05) is 16.0 Å². The van der Waals surface area contributed by atoms with E-state index in [1.54, 1.807) is 43.3 Å². The van der Waals surface area contributed by atoms with E-state index in [1.165, 1.54) is 23.5 Å². The minimum atomic E-state index is -4.56. The monoisotopic (exact) mass is 604 g/mol. The Balaban J connectivity index is 1.29. The van der Waals surface area contributed by atoms with Crippen molar-refractivity contribution in [3.8, 4) is 5.75 Å². The number of fused-ring (bicyclic) bond motifs is 1. The highest BCUT2D eigenvalue weighted by molar-refractivity contribution is 7.22. The molecule has 0 aliphatic rings. The number of rotatable bonds is 8. The molecule has 0 radical (unpaired) electrons. The lowest BCUT2D eigenvalue weighted by Crippen LogP contribution is -2.15. The van der Waals surface area contributed by atoms with E-state index in [-0.39, 0.29) is 17.6 Å². The highest BCUT2D eigenvalue weighted by atomic mass is 32.1. The van der Waals surface area contributed by atoms with Crippen LogP contribution in [0.3, 0.4) is 0 Å². The number of anilines is 4. The first-order valence-electron chi connectivity index (χ1n) is 13.3. The van der Waals surface area contributed by atoms with E-state index in [4.69, 9.17) is 4.74 Å². The molecule has 0 saturated carbocycles. The molecule has 2 amide bonds. The van der Waals surface area contributed by atoms with Crippen LogP contribution < -0.4 is 20.7 Å². The van der Waals surface area contributed by atoms with Crippen molar-refractivity contribution in [3.05, 3.63) is 107 Å². The summed E-state index contributed by atoms with van der Waals surface area (Å²) < 4.78 is 45.7. The van der Waals surface area contributed by atoms with E-state index < -0.39 is 17.6 Å². The van der Waals surface area contributed by atoms with Gasteiger partial charge in [-0.25, -0.2) is 4.98 Å². The molecule has 1 aromatic heterocycles.